The highest BCUT2D eigenvalue weighted by Gasteiger charge is 2.36. The molecule has 2 heteroatoms. The summed E-state index contributed by atoms with van der Waals surface area (Å²) < 4.78 is 0. The molecule has 0 aromatic heterocycles. The van der Waals surface area contributed by atoms with Crippen LogP contribution in [-0.4, -0.2) is 36.6 Å². The van der Waals surface area contributed by atoms with Crippen molar-refractivity contribution < 1.29 is 0 Å². The van der Waals surface area contributed by atoms with Gasteiger partial charge in [-0.25, -0.2) is 0 Å². The molecule has 0 radical (unpaired) electrons. The Morgan fingerprint density at radius 3 is 2.40 bits per heavy atom. The first-order chi connectivity index (χ1) is 9.59. The molecule has 4 atom stereocenters. The van der Waals surface area contributed by atoms with Crippen molar-refractivity contribution in [3.63, 3.8) is 0 Å². The molecular formula is C18H36N2. The van der Waals surface area contributed by atoms with Gasteiger partial charge in [-0.3, -0.25) is 4.90 Å². The van der Waals surface area contributed by atoms with Crippen molar-refractivity contribution in [2.45, 2.75) is 78.3 Å². The lowest BCUT2D eigenvalue weighted by Gasteiger charge is -2.48. The molecule has 2 aliphatic rings. The van der Waals surface area contributed by atoms with Crippen LogP contribution >= 0.6 is 0 Å². The van der Waals surface area contributed by atoms with Gasteiger partial charge in [0.05, 0.1) is 0 Å². The molecular weight excluding hydrogens is 244 g/mol. The minimum Gasteiger partial charge on any atom is -0.316 e. The third kappa shape index (κ3) is 4.21. The maximum absolute atomic E-state index is 3.65. The van der Waals surface area contributed by atoms with E-state index in [0.29, 0.717) is 0 Å². The second-order valence-corrected chi connectivity index (χ2v) is 7.76. The number of rotatable bonds is 6. The van der Waals surface area contributed by atoms with Crippen LogP contribution in [-0.2, 0) is 0 Å². The maximum Gasteiger partial charge on any atom is 0.0126 e. The van der Waals surface area contributed by atoms with Gasteiger partial charge in [-0.1, -0.05) is 33.6 Å². The molecule has 2 rings (SSSR count). The molecule has 0 aromatic rings. The van der Waals surface area contributed by atoms with Gasteiger partial charge < -0.3 is 5.32 Å². The maximum atomic E-state index is 3.65. The molecule has 1 saturated heterocycles. The molecule has 1 aliphatic carbocycles. The van der Waals surface area contributed by atoms with Gasteiger partial charge in [0.2, 0.25) is 0 Å². The minimum absolute atomic E-state index is 0.737. The van der Waals surface area contributed by atoms with Crippen LogP contribution in [0.3, 0.4) is 0 Å². The predicted octanol–water partition coefficient (Wildman–Crippen LogP) is 3.91. The Labute approximate surface area is 126 Å². The first-order valence-electron chi connectivity index (χ1n) is 9.06. The van der Waals surface area contributed by atoms with Gasteiger partial charge in [-0.2, -0.15) is 0 Å². The lowest BCUT2D eigenvalue weighted by Crippen LogP contribution is -2.53. The quantitative estimate of drug-likeness (QED) is 0.793. The summed E-state index contributed by atoms with van der Waals surface area (Å²) in [5.41, 5.74) is 0. The average Bonchev–Trinajstić information content (AvgIpc) is 2.45. The summed E-state index contributed by atoms with van der Waals surface area (Å²) in [4.78, 5) is 2.87. The van der Waals surface area contributed by atoms with E-state index in [-0.39, 0.29) is 0 Å². The predicted molar refractivity (Wildman–Crippen MR) is 88.0 cm³/mol. The van der Waals surface area contributed by atoms with Gasteiger partial charge >= 0.3 is 0 Å². The lowest BCUT2D eigenvalue weighted by molar-refractivity contribution is 0.0141. The fourth-order valence-corrected chi connectivity index (χ4v) is 4.27. The zero-order valence-electron chi connectivity index (χ0n) is 14.2. The number of nitrogens with zero attached hydrogens (tertiary/aromatic N) is 1. The van der Waals surface area contributed by atoms with Crippen LogP contribution in [0.25, 0.3) is 0 Å². The van der Waals surface area contributed by atoms with E-state index in [1.165, 1.54) is 51.6 Å². The highest BCUT2D eigenvalue weighted by Crippen LogP contribution is 2.37. The molecule has 118 valence electrons. The molecule has 0 aromatic carbocycles. The summed E-state index contributed by atoms with van der Waals surface area (Å²) in [6, 6.07) is 1.64. The highest BCUT2D eigenvalue weighted by molar-refractivity contribution is 4.91. The summed E-state index contributed by atoms with van der Waals surface area (Å²) >= 11 is 0. The van der Waals surface area contributed by atoms with Crippen molar-refractivity contribution >= 4 is 0 Å². The van der Waals surface area contributed by atoms with Gasteiger partial charge in [0.1, 0.15) is 0 Å². The Balaban J connectivity index is 1.84. The van der Waals surface area contributed by atoms with Crippen LogP contribution in [0.5, 0.6) is 0 Å². The molecule has 1 N–H and O–H groups in total. The van der Waals surface area contributed by atoms with E-state index in [2.05, 4.69) is 37.9 Å². The molecule has 2 nitrogen and oxygen atoms in total. The van der Waals surface area contributed by atoms with Gasteiger partial charge in [0.25, 0.3) is 0 Å². The second-order valence-electron chi connectivity index (χ2n) is 7.76. The molecule has 0 amide bonds. The number of piperidine rings is 1. The van der Waals surface area contributed by atoms with E-state index in [4.69, 9.17) is 0 Å². The Morgan fingerprint density at radius 2 is 1.65 bits per heavy atom. The number of hydrogen-bond acceptors (Lipinski definition) is 2. The Bertz CT molecular complexity index is 275. The third-order valence-corrected chi connectivity index (χ3v) is 5.65. The van der Waals surface area contributed by atoms with E-state index < -0.39 is 0 Å². The normalized spacial score (nSPS) is 31.1. The number of hydrogen-bond donors (Lipinski definition) is 1. The smallest absolute Gasteiger partial charge is 0.0126 e. The standard InChI is InChI=1S/C18H36N2/c1-14(2)12-19-13-15(3)16(4)20-11-7-9-17-8-5-6-10-18(17)20/h14-19H,5-13H2,1-4H3. The zero-order chi connectivity index (χ0) is 14.5. The summed E-state index contributed by atoms with van der Waals surface area (Å²) in [5.74, 6) is 2.53. The molecule has 20 heavy (non-hydrogen) atoms. The highest BCUT2D eigenvalue weighted by atomic mass is 15.2. The first kappa shape index (κ1) is 16.3. The number of fused-ring (bicyclic) bond motifs is 1. The fraction of sp³-hybridized carbons (Fsp3) is 1.00. The van der Waals surface area contributed by atoms with Crippen LogP contribution in [0.1, 0.15) is 66.2 Å². The van der Waals surface area contributed by atoms with E-state index in [1.807, 2.05) is 0 Å². The molecule has 2 fully saturated rings. The average molecular weight is 280 g/mol. The van der Waals surface area contributed by atoms with Crippen molar-refractivity contribution in [3.05, 3.63) is 0 Å². The first-order valence-corrected chi connectivity index (χ1v) is 9.06. The van der Waals surface area contributed by atoms with E-state index in [0.717, 1.165) is 36.4 Å². The minimum atomic E-state index is 0.737. The molecule has 0 spiro atoms. The van der Waals surface area contributed by atoms with E-state index in [1.54, 1.807) is 0 Å². The van der Waals surface area contributed by atoms with E-state index in [9.17, 15) is 0 Å². The monoisotopic (exact) mass is 280 g/mol. The summed E-state index contributed by atoms with van der Waals surface area (Å²) in [5, 5.41) is 3.65. The van der Waals surface area contributed by atoms with Crippen LogP contribution in [0.15, 0.2) is 0 Å². The van der Waals surface area contributed by atoms with Gasteiger partial charge in [-0.15, -0.1) is 0 Å². The summed E-state index contributed by atoms with van der Waals surface area (Å²) in [7, 11) is 0. The summed E-state index contributed by atoms with van der Waals surface area (Å²) in [6.45, 7) is 13.2. The van der Waals surface area contributed by atoms with Crippen molar-refractivity contribution in [1.82, 2.24) is 10.2 Å². The van der Waals surface area contributed by atoms with Gasteiger partial charge in [-0.05, 0) is 70.0 Å². The van der Waals surface area contributed by atoms with Crippen LogP contribution in [0.2, 0.25) is 0 Å². The molecule has 4 unspecified atom stereocenters. The van der Waals surface area contributed by atoms with Crippen LogP contribution in [0.4, 0.5) is 0 Å². The largest absolute Gasteiger partial charge is 0.316 e. The molecule has 1 heterocycles. The Hall–Kier alpha value is -0.0800. The Morgan fingerprint density at radius 1 is 0.950 bits per heavy atom. The molecule has 0 bridgehead atoms. The molecule has 1 aliphatic heterocycles. The van der Waals surface area contributed by atoms with Crippen molar-refractivity contribution in [1.29, 1.82) is 0 Å². The SMILES string of the molecule is CC(C)CNCC(C)C(C)N1CCCC2CCCCC21. The topological polar surface area (TPSA) is 15.3 Å². The summed E-state index contributed by atoms with van der Waals surface area (Å²) in [6.07, 6.45) is 8.82. The fourth-order valence-electron chi connectivity index (χ4n) is 4.27. The molecule has 1 saturated carbocycles. The number of nitrogens with one attached hydrogen (secondary N) is 1. The lowest BCUT2D eigenvalue weighted by atomic mass is 9.77. The van der Waals surface area contributed by atoms with Crippen molar-refractivity contribution in [2.24, 2.45) is 17.8 Å². The van der Waals surface area contributed by atoms with Crippen LogP contribution in [0, 0.1) is 17.8 Å². The van der Waals surface area contributed by atoms with Crippen molar-refractivity contribution in [2.75, 3.05) is 19.6 Å². The zero-order valence-corrected chi connectivity index (χ0v) is 14.2. The third-order valence-electron chi connectivity index (χ3n) is 5.65. The van der Waals surface area contributed by atoms with Gasteiger partial charge in [0.15, 0.2) is 0 Å². The Kier molecular flexibility index (Phi) is 6.35. The van der Waals surface area contributed by atoms with Gasteiger partial charge in [0, 0.05) is 12.1 Å². The number of likely N-dealkylation sites (tertiary alicyclic amines) is 1. The van der Waals surface area contributed by atoms with E-state index >= 15 is 0 Å². The van der Waals surface area contributed by atoms with Crippen molar-refractivity contribution in [3.8, 4) is 0 Å². The van der Waals surface area contributed by atoms with Crippen LogP contribution < -0.4 is 5.32 Å². The second kappa shape index (κ2) is 7.79.